The first-order chi connectivity index (χ1) is 6.83. The molecule has 2 atom stereocenters. The number of carbonyl (C=O) groups is 1. The van der Waals surface area contributed by atoms with Crippen molar-refractivity contribution in [3.63, 3.8) is 0 Å². The molecule has 0 amide bonds. The zero-order valence-electron chi connectivity index (χ0n) is 9.95. The van der Waals surface area contributed by atoms with Crippen LogP contribution in [0.1, 0.15) is 34.1 Å². The smallest absolute Gasteiger partial charge is 0.152 e. The molecule has 1 aliphatic rings. The second-order valence-corrected chi connectivity index (χ2v) is 5.12. The normalized spacial score (nSPS) is 30.3. The second-order valence-electron chi connectivity index (χ2n) is 5.12. The van der Waals surface area contributed by atoms with Crippen molar-refractivity contribution in [2.45, 2.75) is 40.2 Å². The van der Waals surface area contributed by atoms with Gasteiger partial charge in [-0.05, 0) is 31.8 Å². The summed E-state index contributed by atoms with van der Waals surface area (Å²) in [6, 6.07) is 0. The number of allylic oxidation sites excluding steroid dienone is 3. The fourth-order valence-electron chi connectivity index (χ4n) is 2.39. The Hall–Kier alpha value is -0.890. The second kappa shape index (κ2) is 4.31. The van der Waals surface area contributed by atoms with Gasteiger partial charge < -0.3 is 5.11 Å². The minimum Gasteiger partial charge on any atom is -0.389 e. The summed E-state index contributed by atoms with van der Waals surface area (Å²) in [4.78, 5) is 10.9. The highest BCUT2D eigenvalue weighted by atomic mass is 16.3. The predicted molar refractivity (Wildman–Crippen MR) is 61.5 cm³/mol. The molecule has 0 bridgehead atoms. The lowest BCUT2D eigenvalue weighted by Gasteiger charge is -2.38. The van der Waals surface area contributed by atoms with Gasteiger partial charge >= 0.3 is 0 Å². The minimum absolute atomic E-state index is 0.0181. The van der Waals surface area contributed by atoms with Crippen LogP contribution in [0.25, 0.3) is 0 Å². The van der Waals surface area contributed by atoms with E-state index in [2.05, 4.69) is 13.8 Å². The van der Waals surface area contributed by atoms with Crippen LogP contribution in [0.5, 0.6) is 0 Å². The van der Waals surface area contributed by atoms with Crippen molar-refractivity contribution in [2.75, 3.05) is 0 Å². The Bertz CT molecular complexity index is 310. The van der Waals surface area contributed by atoms with Crippen LogP contribution in [0.2, 0.25) is 0 Å². The summed E-state index contributed by atoms with van der Waals surface area (Å²) in [7, 11) is 0. The molecule has 15 heavy (non-hydrogen) atoms. The molecule has 0 aliphatic heterocycles. The molecule has 1 N–H and O–H groups in total. The lowest BCUT2D eigenvalue weighted by molar-refractivity contribution is -0.112. The van der Waals surface area contributed by atoms with E-state index in [0.717, 1.165) is 12.0 Å². The molecule has 0 spiro atoms. The number of hydrogen-bond acceptors (Lipinski definition) is 2. The Morgan fingerprint density at radius 3 is 2.67 bits per heavy atom. The van der Waals surface area contributed by atoms with Gasteiger partial charge in [-0.1, -0.05) is 31.6 Å². The SMILES string of the molecule is CC(=O)C=C[C@@H]1C(C)=C[C@H](O)CC1(C)C. The van der Waals surface area contributed by atoms with Gasteiger partial charge in [-0.25, -0.2) is 0 Å². The summed E-state index contributed by atoms with van der Waals surface area (Å²) in [6.45, 7) is 7.82. The number of hydrogen-bond donors (Lipinski definition) is 1. The van der Waals surface area contributed by atoms with Crippen molar-refractivity contribution in [2.24, 2.45) is 11.3 Å². The molecule has 0 aromatic heterocycles. The highest BCUT2D eigenvalue weighted by molar-refractivity contribution is 5.87. The average Bonchev–Trinajstić information content (AvgIpc) is 1.98. The van der Waals surface area contributed by atoms with E-state index >= 15 is 0 Å². The summed E-state index contributed by atoms with van der Waals surface area (Å²) in [5.74, 6) is 0.328. The largest absolute Gasteiger partial charge is 0.389 e. The molecule has 0 saturated carbocycles. The van der Waals surface area contributed by atoms with Crippen LogP contribution in [0.15, 0.2) is 23.8 Å². The van der Waals surface area contributed by atoms with Crippen molar-refractivity contribution >= 4 is 5.78 Å². The van der Waals surface area contributed by atoms with Gasteiger partial charge in [0.2, 0.25) is 0 Å². The van der Waals surface area contributed by atoms with Gasteiger partial charge in [0, 0.05) is 5.92 Å². The Morgan fingerprint density at radius 1 is 1.60 bits per heavy atom. The third kappa shape index (κ3) is 3.03. The topological polar surface area (TPSA) is 37.3 Å². The van der Waals surface area contributed by atoms with E-state index in [4.69, 9.17) is 0 Å². The molecule has 1 aliphatic carbocycles. The maximum Gasteiger partial charge on any atom is 0.152 e. The number of rotatable bonds is 2. The first kappa shape index (κ1) is 12.2. The molecule has 0 saturated heterocycles. The molecule has 2 heteroatoms. The Kier molecular flexibility index (Phi) is 3.50. The van der Waals surface area contributed by atoms with Crippen molar-refractivity contribution in [1.82, 2.24) is 0 Å². The Morgan fingerprint density at radius 2 is 2.20 bits per heavy atom. The number of aliphatic hydroxyl groups is 1. The van der Waals surface area contributed by atoms with Crippen molar-refractivity contribution < 1.29 is 9.90 Å². The predicted octanol–water partition coefficient (Wildman–Crippen LogP) is 2.48. The fourth-order valence-corrected chi connectivity index (χ4v) is 2.39. The van der Waals surface area contributed by atoms with Gasteiger partial charge in [-0.15, -0.1) is 0 Å². The molecule has 2 nitrogen and oxygen atoms in total. The van der Waals surface area contributed by atoms with Crippen molar-refractivity contribution in [3.8, 4) is 0 Å². The maximum absolute atomic E-state index is 10.9. The van der Waals surface area contributed by atoms with Crippen molar-refractivity contribution in [1.29, 1.82) is 0 Å². The van der Waals surface area contributed by atoms with Gasteiger partial charge in [0.05, 0.1) is 6.10 Å². The van der Waals surface area contributed by atoms with E-state index in [9.17, 15) is 9.90 Å². The molecule has 0 fully saturated rings. The van der Waals surface area contributed by atoms with Crippen LogP contribution in [0, 0.1) is 11.3 Å². The average molecular weight is 208 g/mol. The molecule has 0 radical (unpaired) electrons. The first-order valence-electron chi connectivity index (χ1n) is 5.38. The van der Waals surface area contributed by atoms with E-state index in [1.54, 1.807) is 13.0 Å². The summed E-state index contributed by atoms with van der Waals surface area (Å²) >= 11 is 0. The highest BCUT2D eigenvalue weighted by Crippen LogP contribution is 2.41. The fraction of sp³-hybridized carbons (Fsp3) is 0.615. The zero-order valence-corrected chi connectivity index (χ0v) is 9.95. The Labute approximate surface area is 91.7 Å². The number of ketones is 1. The molecule has 1 rings (SSSR count). The molecule has 0 aromatic carbocycles. The Balaban J connectivity index is 2.94. The number of aliphatic hydroxyl groups excluding tert-OH is 1. The highest BCUT2D eigenvalue weighted by Gasteiger charge is 2.34. The van der Waals surface area contributed by atoms with Gasteiger partial charge in [0.25, 0.3) is 0 Å². The van der Waals surface area contributed by atoms with Gasteiger partial charge in [0.15, 0.2) is 5.78 Å². The van der Waals surface area contributed by atoms with E-state index in [1.807, 2.05) is 19.1 Å². The quantitative estimate of drug-likeness (QED) is 0.559. The molecular formula is C13H20O2. The summed E-state index contributed by atoms with van der Waals surface area (Å²) in [5, 5.41) is 9.64. The minimum atomic E-state index is -0.345. The molecule has 0 heterocycles. The van der Waals surface area contributed by atoms with Crippen LogP contribution >= 0.6 is 0 Å². The number of carbonyl (C=O) groups excluding carboxylic acids is 1. The summed E-state index contributed by atoms with van der Waals surface area (Å²) in [5.41, 5.74) is 1.17. The van der Waals surface area contributed by atoms with Gasteiger partial charge in [-0.3, -0.25) is 4.79 Å². The van der Waals surface area contributed by atoms with E-state index in [0.29, 0.717) is 0 Å². The van der Waals surface area contributed by atoms with E-state index in [-0.39, 0.29) is 23.2 Å². The van der Waals surface area contributed by atoms with Crippen LogP contribution < -0.4 is 0 Å². The molecular weight excluding hydrogens is 188 g/mol. The summed E-state index contributed by atoms with van der Waals surface area (Å²) in [6.07, 6.45) is 5.88. The lowest BCUT2D eigenvalue weighted by atomic mass is 9.68. The lowest BCUT2D eigenvalue weighted by Crippen LogP contribution is -2.32. The van der Waals surface area contributed by atoms with Crippen molar-refractivity contribution in [3.05, 3.63) is 23.8 Å². The molecule has 0 aromatic rings. The monoisotopic (exact) mass is 208 g/mol. The van der Waals surface area contributed by atoms with Gasteiger partial charge in [0.1, 0.15) is 0 Å². The standard InChI is InChI=1S/C13H20O2/c1-9-7-11(15)8-13(3,4)12(9)6-5-10(2)14/h5-7,11-12,15H,8H2,1-4H3/t11-,12+/m0/s1. The molecule has 0 unspecified atom stereocenters. The molecule has 84 valence electrons. The van der Waals surface area contributed by atoms with Crippen LogP contribution in [-0.2, 0) is 4.79 Å². The van der Waals surface area contributed by atoms with Crippen LogP contribution in [-0.4, -0.2) is 17.0 Å². The van der Waals surface area contributed by atoms with Crippen LogP contribution in [0.4, 0.5) is 0 Å². The zero-order chi connectivity index (χ0) is 11.6. The third-order valence-corrected chi connectivity index (χ3v) is 3.05. The third-order valence-electron chi connectivity index (χ3n) is 3.05. The first-order valence-corrected chi connectivity index (χ1v) is 5.38. The maximum atomic E-state index is 10.9. The summed E-state index contributed by atoms with van der Waals surface area (Å²) < 4.78 is 0. The van der Waals surface area contributed by atoms with E-state index in [1.165, 1.54) is 0 Å². The van der Waals surface area contributed by atoms with Gasteiger partial charge in [-0.2, -0.15) is 0 Å². The van der Waals surface area contributed by atoms with E-state index < -0.39 is 0 Å². The van der Waals surface area contributed by atoms with Crippen LogP contribution in [0.3, 0.4) is 0 Å².